The van der Waals surface area contributed by atoms with Crippen LogP contribution >= 0.6 is 11.8 Å². The molecular weight excluding hydrogens is 465 g/mol. The standard InChI is InChI=1S/C26H30FN5O2S/c1-2-3-4-10-17-32-24(19-34-23-15-9-8-14-22(23)27)29-30-26(32)35-20-25(33)31(18-11-16-28)21-12-6-5-7-13-21/h5-9,12-15H,2-4,10-11,17-20H2,1H3. The first kappa shape index (κ1) is 26.2. The van der Waals surface area contributed by atoms with Gasteiger partial charge in [-0.05, 0) is 30.7 Å². The largest absolute Gasteiger partial charge is 0.483 e. The second-order valence-corrected chi connectivity index (χ2v) is 8.85. The third-order valence-corrected chi connectivity index (χ3v) is 6.31. The number of thioether (sulfide) groups is 1. The fraction of sp³-hybridized carbons (Fsp3) is 0.385. The monoisotopic (exact) mass is 495 g/mol. The Morgan fingerprint density at radius 2 is 1.89 bits per heavy atom. The maximum absolute atomic E-state index is 14.0. The van der Waals surface area contributed by atoms with Gasteiger partial charge >= 0.3 is 0 Å². The number of aromatic nitrogens is 3. The molecule has 7 nitrogen and oxygen atoms in total. The SMILES string of the molecule is CCCCCCn1c(COc2ccccc2F)nnc1SCC(=O)N(CCC#N)c1ccccc1. The van der Waals surface area contributed by atoms with Crippen LogP contribution in [0.5, 0.6) is 5.75 Å². The molecular formula is C26H30FN5O2S. The molecule has 0 bridgehead atoms. The molecule has 184 valence electrons. The lowest BCUT2D eigenvalue weighted by atomic mass is 10.2. The molecule has 0 radical (unpaired) electrons. The van der Waals surface area contributed by atoms with E-state index in [4.69, 9.17) is 10.00 Å². The first-order chi connectivity index (χ1) is 17.1. The van der Waals surface area contributed by atoms with Crippen LogP contribution in [-0.2, 0) is 17.9 Å². The van der Waals surface area contributed by atoms with Crippen molar-refractivity contribution in [3.63, 3.8) is 0 Å². The highest BCUT2D eigenvalue weighted by Crippen LogP contribution is 2.23. The highest BCUT2D eigenvalue weighted by molar-refractivity contribution is 7.99. The van der Waals surface area contributed by atoms with Crippen molar-refractivity contribution < 1.29 is 13.9 Å². The van der Waals surface area contributed by atoms with E-state index in [9.17, 15) is 9.18 Å². The van der Waals surface area contributed by atoms with E-state index in [1.807, 2.05) is 34.9 Å². The van der Waals surface area contributed by atoms with Gasteiger partial charge in [-0.25, -0.2) is 4.39 Å². The van der Waals surface area contributed by atoms with Crippen LogP contribution in [0.3, 0.4) is 0 Å². The molecule has 0 saturated heterocycles. The fourth-order valence-electron chi connectivity index (χ4n) is 3.53. The van der Waals surface area contributed by atoms with E-state index in [1.54, 1.807) is 23.1 Å². The quantitative estimate of drug-likeness (QED) is 0.213. The van der Waals surface area contributed by atoms with Crippen molar-refractivity contribution in [2.75, 3.05) is 17.2 Å². The molecule has 0 N–H and O–H groups in total. The van der Waals surface area contributed by atoms with Gasteiger partial charge in [0, 0.05) is 18.8 Å². The van der Waals surface area contributed by atoms with Crippen molar-refractivity contribution >= 4 is 23.4 Å². The molecule has 1 amide bonds. The molecule has 35 heavy (non-hydrogen) atoms. The van der Waals surface area contributed by atoms with E-state index in [0.29, 0.717) is 24.1 Å². The zero-order valence-corrected chi connectivity index (χ0v) is 20.7. The van der Waals surface area contributed by atoms with E-state index in [0.717, 1.165) is 31.4 Å². The number of rotatable bonds is 14. The lowest BCUT2D eigenvalue weighted by Gasteiger charge is -2.21. The van der Waals surface area contributed by atoms with Gasteiger partial charge in [-0.3, -0.25) is 4.79 Å². The van der Waals surface area contributed by atoms with Gasteiger partial charge in [-0.2, -0.15) is 5.26 Å². The number of anilines is 1. The second kappa shape index (κ2) is 14.1. The lowest BCUT2D eigenvalue weighted by Crippen LogP contribution is -2.33. The summed E-state index contributed by atoms with van der Waals surface area (Å²) < 4.78 is 21.6. The number of nitrogens with zero attached hydrogens (tertiary/aromatic N) is 5. The number of ether oxygens (including phenoxy) is 1. The summed E-state index contributed by atoms with van der Waals surface area (Å²) in [6, 6.07) is 17.7. The molecule has 0 saturated carbocycles. The minimum absolute atomic E-state index is 0.0779. The van der Waals surface area contributed by atoms with Crippen molar-refractivity contribution in [2.45, 2.75) is 57.3 Å². The number of carbonyl (C=O) groups is 1. The Hall–Kier alpha value is -3.38. The highest BCUT2D eigenvalue weighted by Gasteiger charge is 2.19. The molecule has 0 spiro atoms. The van der Waals surface area contributed by atoms with Crippen LogP contribution in [-0.4, -0.2) is 33.0 Å². The molecule has 0 unspecified atom stereocenters. The molecule has 0 aliphatic rings. The second-order valence-electron chi connectivity index (χ2n) is 7.91. The zero-order valence-electron chi connectivity index (χ0n) is 19.9. The molecule has 1 heterocycles. The maximum atomic E-state index is 14.0. The summed E-state index contributed by atoms with van der Waals surface area (Å²) in [5, 5.41) is 18.2. The van der Waals surface area contributed by atoms with Gasteiger partial charge in [0.1, 0.15) is 6.61 Å². The molecule has 0 fully saturated rings. The minimum atomic E-state index is -0.430. The summed E-state index contributed by atoms with van der Waals surface area (Å²) in [6.07, 6.45) is 4.52. The molecule has 9 heteroatoms. The first-order valence-electron chi connectivity index (χ1n) is 11.8. The number of halogens is 1. The number of amides is 1. The van der Waals surface area contributed by atoms with Crippen LogP contribution in [0, 0.1) is 17.1 Å². The minimum Gasteiger partial charge on any atom is -0.483 e. The van der Waals surface area contributed by atoms with Crippen molar-refractivity contribution in [1.82, 2.24) is 14.8 Å². The van der Waals surface area contributed by atoms with Crippen molar-refractivity contribution in [3.05, 3.63) is 66.2 Å². The van der Waals surface area contributed by atoms with Gasteiger partial charge in [0.15, 0.2) is 22.5 Å². The molecule has 2 aromatic carbocycles. The number of hydrogen-bond acceptors (Lipinski definition) is 6. The third kappa shape index (κ3) is 7.82. The summed E-state index contributed by atoms with van der Waals surface area (Å²) in [6.45, 7) is 3.25. The summed E-state index contributed by atoms with van der Waals surface area (Å²) >= 11 is 1.31. The topological polar surface area (TPSA) is 84.0 Å². The molecule has 0 atom stereocenters. The van der Waals surface area contributed by atoms with Gasteiger partial charge in [-0.15, -0.1) is 10.2 Å². The van der Waals surface area contributed by atoms with Crippen LogP contribution in [0.15, 0.2) is 59.8 Å². The van der Waals surface area contributed by atoms with Crippen LogP contribution in [0.25, 0.3) is 0 Å². The molecule has 0 aliphatic heterocycles. The Kier molecular flexibility index (Phi) is 10.6. The normalized spacial score (nSPS) is 10.7. The van der Waals surface area contributed by atoms with E-state index in [1.165, 1.54) is 17.8 Å². The van der Waals surface area contributed by atoms with Crippen molar-refractivity contribution in [2.24, 2.45) is 0 Å². The van der Waals surface area contributed by atoms with E-state index >= 15 is 0 Å². The fourth-order valence-corrected chi connectivity index (χ4v) is 4.39. The van der Waals surface area contributed by atoms with Crippen LogP contribution in [0.2, 0.25) is 0 Å². The Morgan fingerprint density at radius 1 is 1.11 bits per heavy atom. The van der Waals surface area contributed by atoms with E-state index in [2.05, 4.69) is 23.2 Å². The Morgan fingerprint density at radius 3 is 2.63 bits per heavy atom. The average molecular weight is 496 g/mol. The summed E-state index contributed by atoms with van der Waals surface area (Å²) in [5.74, 6) is 0.362. The van der Waals surface area contributed by atoms with Gasteiger partial charge in [0.2, 0.25) is 5.91 Å². The average Bonchev–Trinajstić information content (AvgIpc) is 3.27. The Balaban J connectivity index is 1.71. The van der Waals surface area contributed by atoms with E-state index in [-0.39, 0.29) is 30.4 Å². The van der Waals surface area contributed by atoms with Gasteiger partial charge in [0.05, 0.1) is 18.2 Å². The van der Waals surface area contributed by atoms with E-state index < -0.39 is 5.82 Å². The number of para-hydroxylation sites is 2. The van der Waals surface area contributed by atoms with Crippen molar-refractivity contribution in [1.29, 1.82) is 5.26 Å². The molecule has 3 rings (SSSR count). The van der Waals surface area contributed by atoms with Gasteiger partial charge in [-0.1, -0.05) is 68.3 Å². The Bertz CT molecular complexity index is 1120. The molecule has 3 aromatic rings. The van der Waals surface area contributed by atoms with Crippen LogP contribution in [0.4, 0.5) is 10.1 Å². The number of carbonyl (C=O) groups excluding carboxylic acids is 1. The predicted molar refractivity (Wildman–Crippen MR) is 135 cm³/mol. The third-order valence-electron chi connectivity index (χ3n) is 5.36. The lowest BCUT2D eigenvalue weighted by molar-refractivity contribution is -0.116. The Labute approximate surface area is 209 Å². The number of unbranched alkanes of at least 4 members (excludes halogenated alkanes) is 3. The summed E-state index contributed by atoms with van der Waals surface area (Å²) in [4.78, 5) is 14.7. The number of nitriles is 1. The maximum Gasteiger partial charge on any atom is 0.237 e. The summed E-state index contributed by atoms with van der Waals surface area (Å²) in [7, 11) is 0. The molecule has 1 aromatic heterocycles. The van der Waals surface area contributed by atoms with Gasteiger partial charge in [0.25, 0.3) is 0 Å². The number of benzene rings is 2. The smallest absolute Gasteiger partial charge is 0.237 e. The van der Waals surface area contributed by atoms with Crippen LogP contribution in [0.1, 0.15) is 44.9 Å². The predicted octanol–water partition coefficient (Wildman–Crippen LogP) is 5.62. The highest BCUT2D eigenvalue weighted by atomic mass is 32.2. The summed E-state index contributed by atoms with van der Waals surface area (Å²) in [5.41, 5.74) is 0.758. The zero-order chi connectivity index (χ0) is 24.9. The number of hydrogen-bond donors (Lipinski definition) is 0. The van der Waals surface area contributed by atoms with Crippen molar-refractivity contribution in [3.8, 4) is 11.8 Å². The van der Waals surface area contributed by atoms with Crippen LogP contribution < -0.4 is 9.64 Å². The molecule has 0 aliphatic carbocycles. The first-order valence-corrected chi connectivity index (χ1v) is 12.8. The van der Waals surface area contributed by atoms with Gasteiger partial charge < -0.3 is 14.2 Å².